The van der Waals surface area contributed by atoms with Gasteiger partial charge in [-0.15, -0.1) is 0 Å². The van der Waals surface area contributed by atoms with E-state index < -0.39 is 0 Å². The van der Waals surface area contributed by atoms with E-state index in [2.05, 4.69) is 42.5 Å². The molecule has 0 saturated heterocycles. The van der Waals surface area contributed by atoms with Crippen LogP contribution >= 0.6 is 0 Å². The molecule has 0 atom stereocenters. The summed E-state index contributed by atoms with van der Waals surface area (Å²) in [5.41, 5.74) is 5.76. The topological polar surface area (TPSA) is 47.4 Å². The van der Waals surface area contributed by atoms with Gasteiger partial charge in [0.25, 0.3) is 5.91 Å². The second-order valence-corrected chi connectivity index (χ2v) is 7.40. The maximum Gasteiger partial charge on any atom is 0.254 e. The Bertz CT molecular complexity index is 984. The van der Waals surface area contributed by atoms with Crippen LogP contribution in [0.4, 0.5) is 0 Å². The van der Waals surface area contributed by atoms with E-state index in [0.717, 1.165) is 12.4 Å². The van der Waals surface area contributed by atoms with Gasteiger partial charge in [-0.3, -0.25) is 4.79 Å². The van der Waals surface area contributed by atoms with Gasteiger partial charge in [0, 0.05) is 31.0 Å². The van der Waals surface area contributed by atoms with Crippen molar-refractivity contribution in [3.63, 3.8) is 0 Å². The Morgan fingerprint density at radius 1 is 1.14 bits per heavy atom. The van der Waals surface area contributed by atoms with Crippen LogP contribution in [0, 0.1) is 20.8 Å². The number of imidazole rings is 1. The normalized spacial score (nSPS) is 10.8. The van der Waals surface area contributed by atoms with Crippen LogP contribution in [-0.2, 0) is 13.1 Å². The first kappa shape index (κ1) is 20.6. The number of benzene rings is 2. The molecule has 3 rings (SSSR count). The summed E-state index contributed by atoms with van der Waals surface area (Å²) in [6, 6.07) is 11.7. The van der Waals surface area contributed by atoms with Crippen LogP contribution in [0.25, 0.3) is 0 Å². The standard InChI is InChI=1S/C24H29N3O2/c1-6-26(24(28)20-8-7-9-21(14-20)29-5)16-23-25-10-11-27(23)15-22-18(3)12-17(2)13-19(22)4/h7-14H,6,15-16H2,1-5H3. The number of amides is 1. The summed E-state index contributed by atoms with van der Waals surface area (Å²) in [7, 11) is 1.60. The van der Waals surface area contributed by atoms with Gasteiger partial charge < -0.3 is 14.2 Å². The Labute approximate surface area is 173 Å². The van der Waals surface area contributed by atoms with Crippen molar-refractivity contribution in [2.75, 3.05) is 13.7 Å². The van der Waals surface area contributed by atoms with Gasteiger partial charge in [-0.05, 0) is 62.6 Å². The molecule has 1 amide bonds. The van der Waals surface area contributed by atoms with E-state index in [0.29, 0.717) is 24.4 Å². The van der Waals surface area contributed by atoms with E-state index in [4.69, 9.17) is 4.74 Å². The first-order valence-corrected chi connectivity index (χ1v) is 9.93. The summed E-state index contributed by atoms with van der Waals surface area (Å²) < 4.78 is 7.38. The summed E-state index contributed by atoms with van der Waals surface area (Å²) in [5.74, 6) is 1.53. The molecule has 2 aromatic carbocycles. The van der Waals surface area contributed by atoms with Gasteiger partial charge in [0.1, 0.15) is 11.6 Å². The van der Waals surface area contributed by atoms with E-state index in [9.17, 15) is 4.79 Å². The fraction of sp³-hybridized carbons (Fsp3) is 0.333. The highest BCUT2D eigenvalue weighted by molar-refractivity contribution is 5.94. The Hall–Kier alpha value is -3.08. The fourth-order valence-electron chi connectivity index (χ4n) is 3.70. The monoisotopic (exact) mass is 391 g/mol. The predicted octanol–water partition coefficient (Wildman–Crippen LogP) is 4.53. The summed E-state index contributed by atoms with van der Waals surface area (Å²) in [6.07, 6.45) is 3.79. The minimum atomic E-state index is -0.0244. The lowest BCUT2D eigenvalue weighted by Gasteiger charge is -2.22. The summed E-state index contributed by atoms with van der Waals surface area (Å²) >= 11 is 0. The van der Waals surface area contributed by atoms with Crippen molar-refractivity contribution >= 4 is 5.91 Å². The van der Waals surface area contributed by atoms with Crippen LogP contribution in [0.15, 0.2) is 48.8 Å². The number of hydrogen-bond donors (Lipinski definition) is 0. The average Bonchev–Trinajstić information content (AvgIpc) is 3.15. The van der Waals surface area contributed by atoms with E-state index in [1.165, 1.54) is 22.3 Å². The van der Waals surface area contributed by atoms with E-state index in [-0.39, 0.29) is 5.91 Å². The highest BCUT2D eigenvalue weighted by atomic mass is 16.5. The number of aryl methyl sites for hydroxylation is 3. The van der Waals surface area contributed by atoms with Gasteiger partial charge in [-0.1, -0.05) is 23.8 Å². The van der Waals surface area contributed by atoms with E-state index in [1.54, 1.807) is 19.4 Å². The molecule has 0 aliphatic carbocycles. The zero-order valence-corrected chi connectivity index (χ0v) is 17.9. The zero-order valence-electron chi connectivity index (χ0n) is 17.9. The van der Waals surface area contributed by atoms with Crippen molar-refractivity contribution in [1.82, 2.24) is 14.5 Å². The molecule has 152 valence electrons. The largest absolute Gasteiger partial charge is 0.497 e. The molecule has 0 saturated carbocycles. The third-order valence-electron chi connectivity index (χ3n) is 5.29. The zero-order chi connectivity index (χ0) is 21.0. The first-order valence-electron chi connectivity index (χ1n) is 9.93. The van der Waals surface area contributed by atoms with Crippen molar-refractivity contribution in [2.24, 2.45) is 0 Å². The number of aromatic nitrogens is 2. The van der Waals surface area contributed by atoms with Gasteiger partial charge in [-0.2, -0.15) is 0 Å². The third kappa shape index (κ3) is 4.67. The third-order valence-corrected chi connectivity index (χ3v) is 5.29. The molecule has 0 unspecified atom stereocenters. The lowest BCUT2D eigenvalue weighted by molar-refractivity contribution is 0.0746. The smallest absolute Gasteiger partial charge is 0.254 e. The molecule has 1 aromatic heterocycles. The molecule has 3 aromatic rings. The van der Waals surface area contributed by atoms with Gasteiger partial charge in [0.15, 0.2) is 0 Å². The molecule has 5 nitrogen and oxygen atoms in total. The molecule has 29 heavy (non-hydrogen) atoms. The average molecular weight is 392 g/mol. The summed E-state index contributed by atoms with van der Waals surface area (Å²) in [4.78, 5) is 19.4. The van der Waals surface area contributed by atoms with Gasteiger partial charge in [0.2, 0.25) is 0 Å². The van der Waals surface area contributed by atoms with Crippen LogP contribution in [0.3, 0.4) is 0 Å². The van der Waals surface area contributed by atoms with E-state index >= 15 is 0 Å². The molecule has 0 N–H and O–H groups in total. The minimum absolute atomic E-state index is 0.0244. The molecule has 0 aliphatic heterocycles. The molecule has 0 bridgehead atoms. The number of carbonyl (C=O) groups is 1. The molecule has 0 aliphatic rings. The Balaban J connectivity index is 1.82. The van der Waals surface area contributed by atoms with E-state index in [1.807, 2.05) is 36.2 Å². The highest BCUT2D eigenvalue weighted by Crippen LogP contribution is 2.20. The fourth-order valence-corrected chi connectivity index (χ4v) is 3.70. The van der Waals surface area contributed by atoms with Crippen LogP contribution in [0.1, 0.15) is 45.4 Å². The maximum atomic E-state index is 13.0. The maximum absolute atomic E-state index is 13.0. The number of methoxy groups -OCH3 is 1. The molecule has 5 heteroatoms. The number of hydrogen-bond acceptors (Lipinski definition) is 3. The Morgan fingerprint density at radius 3 is 2.52 bits per heavy atom. The molecule has 0 fully saturated rings. The predicted molar refractivity (Wildman–Crippen MR) is 115 cm³/mol. The summed E-state index contributed by atoms with van der Waals surface area (Å²) in [5, 5.41) is 0. The van der Waals surface area contributed by atoms with Crippen molar-refractivity contribution in [1.29, 1.82) is 0 Å². The van der Waals surface area contributed by atoms with Crippen LogP contribution < -0.4 is 4.74 Å². The SMILES string of the molecule is CCN(Cc1nccn1Cc1c(C)cc(C)cc1C)C(=O)c1cccc(OC)c1. The minimum Gasteiger partial charge on any atom is -0.497 e. The Kier molecular flexibility index (Phi) is 6.37. The molecule has 0 spiro atoms. The van der Waals surface area contributed by atoms with Gasteiger partial charge in [-0.25, -0.2) is 4.98 Å². The Morgan fingerprint density at radius 2 is 1.86 bits per heavy atom. The number of ether oxygens (including phenoxy) is 1. The first-order chi connectivity index (χ1) is 13.9. The molecule has 0 radical (unpaired) electrons. The van der Waals surface area contributed by atoms with Crippen LogP contribution in [0.2, 0.25) is 0 Å². The molecule has 1 heterocycles. The second kappa shape index (κ2) is 8.95. The van der Waals surface area contributed by atoms with Crippen molar-refractivity contribution in [3.8, 4) is 5.75 Å². The second-order valence-electron chi connectivity index (χ2n) is 7.40. The highest BCUT2D eigenvalue weighted by Gasteiger charge is 2.18. The molecular weight excluding hydrogens is 362 g/mol. The van der Waals surface area contributed by atoms with Crippen molar-refractivity contribution < 1.29 is 9.53 Å². The number of rotatable bonds is 7. The molecular formula is C24H29N3O2. The number of carbonyl (C=O) groups excluding carboxylic acids is 1. The quantitative estimate of drug-likeness (QED) is 0.595. The van der Waals surface area contributed by atoms with Crippen molar-refractivity contribution in [3.05, 3.63) is 82.4 Å². The lowest BCUT2D eigenvalue weighted by Crippen LogP contribution is -2.31. The number of nitrogens with zero attached hydrogens (tertiary/aromatic N) is 3. The van der Waals surface area contributed by atoms with Crippen LogP contribution in [-0.4, -0.2) is 34.0 Å². The van der Waals surface area contributed by atoms with Crippen LogP contribution in [0.5, 0.6) is 5.75 Å². The summed E-state index contributed by atoms with van der Waals surface area (Å²) in [6.45, 7) is 10.2. The van der Waals surface area contributed by atoms with Gasteiger partial charge in [0.05, 0.1) is 13.7 Å². The lowest BCUT2D eigenvalue weighted by atomic mass is 10.00. The van der Waals surface area contributed by atoms with Crippen molar-refractivity contribution in [2.45, 2.75) is 40.8 Å². The van der Waals surface area contributed by atoms with Gasteiger partial charge >= 0.3 is 0 Å².